The van der Waals surface area contributed by atoms with E-state index >= 15 is 0 Å². The molecular weight excluding hydrogens is 249 g/mol. The van der Waals surface area contributed by atoms with E-state index < -0.39 is 11.8 Å². The van der Waals surface area contributed by atoms with Gasteiger partial charge in [-0.05, 0) is 25.5 Å². The van der Waals surface area contributed by atoms with E-state index in [1.165, 1.54) is 12.3 Å². The summed E-state index contributed by atoms with van der Waals surface area (Å²) in [4.78, 5) is 18.7. The van der Waals surface area contributed by atoms with Crippen LogP contribution >= 0.6 is 0 Å². The molecule has 0 fully saturated rings. The molecule has 0 aliphatic rings. The van der Waals surface area contributed by atoms with Crippen LogP contribution in [0.2, 0.25) is 0 Å². The lowest BCUT2D eigenvalue weighted by molar-refractivity contribution is 0.0695. The number of carbonyl (C=O) groups is 1. The standard InChI is InChI=1S/C13H12FN3O2/c1-7-4-3-5-10(14)11(7)17-13-15-6-9(12(18)19)8(2)16-13/h3-6H,1-2H3,(H,18,19)(H,15,16,17). The van der Waals surface area contributed by atoms with Gasteiger partial charge in [0.15, 0.2) is 0 Å². The summed E-state index contributed by atoms with van der Waals surface area (Å²) in [7, 11) is 0. The summed E-state index contributed by atoms with van der Waals surface area (Å²) in [6, 6.07) is 4.69. The van der Waals surface area contributed by atoms with Crippen molar-refractivity contribution in [3.05, 3.63) is 47.0 Å². The molecule has 98 valence electrons. The van der Waals surface area contributed by atoms with Gasteiger partial charge in [0, 0.05) is 6.20 Å². The molecule has 0 saturated carbocycles. The fourth-order valence-corrected chi connectivity index (χ4v) is 1.64. The van der Waals surface area contributed by atoms with Crippen molar-refractivity contribution < 1.29 is 14.3 Å². The fraction of sp³-hybridized carbons (Fsp3) is 0.154. The number of anilines is 2. The lowest BCUT2D eigenvalue weighted by atomic mass is 10.2. The topological polar surface area (TPSA) is 75.1 Å². The second kappa shape index (κ2) is 5.01. The Kier molecular flexibility index (Phi) is 3.41. The summed E-state index contributed by atoms with van der Waals surface area (Å²) in [5.41, 5.74) is 1.34. The molecule has 2 aromatic rings. The van der Waals surface area contributed by atoms with Gasteiger partial charge in [-0.2, -0.15) is 0 Å². The average molecular weight is 261 g/mol. The van der Waals surface area contributed by atoms with Crippen LogP contribution < -0.4 is 5.32 Å². The Balaban J connectivity index is 2.34. The van der Waals surface area contributed by atoms with Gasteiger partial charge in [-0.1, -0.05) is 12.1 Å². The predicted molar refractivity (Wildman–Crippen MR) is 68.1 cm³/mol. The van der Waals surface area contributed by atoms with Gasteiger partial charge in [-0.25, -0.2) is 19.2 Å². The molecule has 0 saturated heterocycles. The van der Waals surface area contributed by atoms with Crippen molar-refractivity contribution in [2.75, 3.05) is 5.32 Å². The van der Waals surface area contributed by atoms with E-state index in [0.29, 0.717) is 11.3 Å². The van der Waals surface area contributed by atoms with Crippen LogP contribution in [0.1, 0.15) is 21.6 Å². The number of nitrogens with zero attached hydrogens (tertiary/aromatic N) is 2. The molecule has 2 rings (SSSR count). The number of carboxylic acid groups (broad SMARTS) is 1. The van der Waals surface area contributed by atoms with Crippen molar-refractivity contribution in [1.82, 2.24) is 9.97 Å². The number of carboxylic acids is 1. The van der Waals surface area contributed by atoms with E-state index in [1.54, 1.807) is 26.0 Å². The zero-order valence-corrected chi connectivity index (χ0v) is 10.4. The molecule has 0 atom stereocenters. The van der Waals surface area contributed by atoms with Crippen LogP contribution in [0.3, 0.4) is 0 Å². The fourth-order valence-electron chi connectivity index (χ4n) is 1.64. The highest BCUT2D eigenvalue weighted by Crippen LogP contribution is 2.22. The lowest BCUT2D eigenvalue weighted by Gasteiger charge is -2.10. The van der Waals surface area contributed by atoms with E-state index in [1.807, 2.05) is 0 Å². The first kappa shape index (κ1) is 12.9. The van der Waals surface area contributed by atoms with Crippen LogP contribution in [0, 0.1) is 19.7 Å². The molecule has 1 aromatic carbocycles. The quantitative estimate of drug-likeness (QED) is 0.888. The van der Waals surface area contributed by atoms with Crippen molar-refractivity contribution in [3.8, 4) is 0 Å². The third kappa shape index (κ3) is 2.67. The Labute approximate surface area is 109 Å². The van der Waals surface area contributed by atoms with Crippen LogP contribution in [0.5, 0.6) is 0 Å². The van der Waals surface area contributed by atoms with E-state index in [2.05, 4.69) is 15.3 Å². The number of para-hydroxylation sites is 1. The van der Waals surface area contributed by atoms with E-state index in [0.717, 1.165) is 0 Å². The molecule has 19 heavy (non-hydrogen) atoms. The number of aromatic nitrogens is 2. The van der Waals surface area contributed by atoms with Gasteiger partial charge in [0.25, 0.3) is 0 Å². The second-order valence-electron chi connectivity index (χ2n) is 4.05. The number of aryl methyl sites for hydroxylation is 2. The Morgan fingerprint density at radius 3 is 2.68 bits per heavy atom. The normalized spacial score (nSPS) is 10.3. The molecule has 2 N–H and O–H groups in total. The Hall–Kier alpha value is -2.50. The minimum Gasteiger partial charge on any atom is -0.478 e. The van der Waals surface area contributed by atoms with Gasteiger partial charge < -0.3 is 10.4 Å². The lowest BCUT2D eigenvalue weighted by Crippen LogP contribution is -2.07. The zero-order valence-electron chi connectivity index (χ0n) is 10.4. The average Bonchev–Trinajstić information content (AvgIpc) is 2.33. The number of nitrogens with one attached hydrogen (secondary N) is 1. The monoisotopic (exact) mass is 261 g/mol. The third-order valence-corrected chi connectivity index (χ3v) is 2.67. The number of hydrogen-bond donors (Lipinski definition) is 2. The minimum atomic E-state index is -1.09. The third-order valence-electron chi connectivity index (χ3n) is 2.67. The Morgan fingerprint density at radius 1 is 1.37 bits per heavy atom. The van der Waals surface area contributed by atoms with Crippen LogP contribution in [0.15, 0.2) is 24.4 Å². The molecule has 0 amide bonds. The molecule has 0 bridgehead atoms. The number of hydrogen-bond acceptors (Lipinski definition) is 4. The van der Waals surface area contributed by atoms with Crippen molar-refractivity contribution in [1.29, 1.82) is 0 Å². The molecule has 0 radical (unpaired) electrons. The summed E-state index contributed by atoms with van der Waals surface area (Å²) in [6.07, 6.45) is 1.20. The molecule has 0 spiro atoms. The van der Waals surface area contributed by atoms with Crippen molar-refractivity contribution >= 4 is 17.6 Å². The zero-order chi connectivity index (χ0) is 14.0. The molecular formula is C13H12FN3O2. The second-order valence-corrected chi connectivity index (χ2v) is 4.05. The number of halogens is 1. The van der Waals surface area contributed by atoms with Gasteiger partial charge in [0.2, 0.25) is 5.95 Å². The van der Waals surface area contributed by atoms with E-state index in [-0.39, 0.29) is 17.2 Å². The van der Waals surface area contributed by atoms with E-state index in [4.69, 9.17) is 5.11 Å². The maximum atomic E-state index is 13.6. The smallest absolute Gasteiger partial charge is 0.339 e. The number of benzene rings is 1. The highest BCUT2D eigenvalue weighted by Gasteiger charge is 2.11. The van der Waals surface area contributed by atoms with Gasteiger partial charge >= 0.3 is 5.97 Å². The molecule has 0 aliphatic carbocycles. The van der Waals surface area contributed by atoms with Crippen molar-refractivity contribution in [2.45, 2.75) is 13.8 Å². The minimum absolute atomic E-state index is 0.0239. The number of aromatic carboxylic acids is 1. The largest absolute Gasteiger partial charge is 0.478 e. The summed E-state index contributed by atoms with van der Waals surface area (Å²) >= 11 is 0. The summed E-state index contributed by atoms with van der Waals surface area (Å²) in [5.74, 6) is -1.34. The maximum Gasteiger partial charge on any atom is 0.339 e. The van der Waals surface area contributed by atoms with Crippen LogP contribution in [0.25, 0.3) is 0 Å². The van der Waals surface area contributed by atoms with Crippen molar-refractivity contribution in [3.63, 3.8) is 0 Å². The predicted octanol–water partition coefficient (Wildman–Crippen LogP) is 2.67. The van der Waals surface area contributed by atoms with Gasteiger partial charge in [-0.15, -0.1) is 0 Å². The van der Waals surface area contributed by atoms with Crippen LogP contribution in [-0.2, 0) is 0 Å². The first-order chi connectivity index (χ1) is 8.99. The van der Waals surface area contributed by atoms with Gasteiger partial charge in [-0.3, -0.25) is 0 Å². The molecule has 6 heteroatoms. The van der Waals surface area contributed by atoms with Crippen LogP contribution in [0.4, 0.5) is 16.0 Å². The van der Waals surface area contributed by atoms with E-state index in [9.17, 15) is 9.18 Å². The maximum absolute atomic E-state index is 13.6. The summed E-state index contributed by atoms with van der Waals surface area (Å²) in [5, 5.41) is 11.6. The molecule has 1 heterocycles. The first-order valence-electron chi connectivity index (χ1n) is 5.58. The molecule has 0 aliphatic heterocycles. The number of rotatable bonds is 3. The summed E-state index contributed by atoms with van der Waals surface area (Å²) in [6.45, 7) is 3.31. The molecule has 1 aromatic heterocycles. The van der Waals surface area contributed by atoms with Gasteiger partial charge in [0.1, 0.15) is 5.82 Å². The Bertz CT molecular complexity index is 624. The van der Waals surface area contributed by atoms with Crippen molar-refractivity contribution in [2.24, 2.45) is 0 Å². The highest BCUT2D eigenvalue weighted by atomic mass is 19.1. The Morgan fingerprint density at radius 2 is 2.11 bits per heavy atom. The van der Waals surface area contributed by atoms with Gasteiger partial charge in [0.05, 0.1) is 16.9 Å². The molecule has 5 nitrogen and oxygen atoms in total. The van der Waals surface area contributed by atoms with Crippen LogP contribution in [-0.4, -0.2) is 21.0 Å². The SMILES string of the molecule is Cc1cccc(F)c1Nc1ncc(C(=O)O)c(C)n1. The first-order valence-corrected chi connectivity index (χ1v) is 5.58. The highest BCUT2D eigenvalue weighted by molar-refractivity contribution is 5.88. The summed E-state index contributed by atoms with van der Waals surface area (Å²) < 4.78 is 13.6. The molecule has 0 unspecified atom stereocenters.